The molecule has 8 nitrogen and oxygen atoms in total. The van der Waals surface area contributed by atoms with Crippen LogP contribution in [0.25, 0.3) is 15.9 Å². The number of halogens is 1. The molecule has 1 saturated heterocycles. The van der Waals surface area contributed by atoms with Crippen molar-refractivity contribution >= 4 is 45.0 Å². The minimum Gasteiger partial charge on any atom is -0.385 e. The fraction of sp³-hybridized carbons (Fsp3) is 0.435. The molecule has 0 atom stereocenters. The fourth-order valence-electron chi connectivity index (χ4n) is 3.90. The Labute approximate surface area is 202 Å². The number of nitrogens with one attached hydrogen (secondary N) is 1. The van der Waals surface area contributed by atoms with E-state index in [2.05, 4.69) is 15.3 Å². The molecule has 176 valence electrons. The Bertz CT molecular complexity index is 1140. The smallest absolute Gasteiger partial charge is 0.264 e. The van der Waals surface area contributed by atoms with Crippen molar-refractivity contribution in [3.63, 3.8) is 0 Å². The SMILES string of the molecule is COCCCNC(=O)CN1CCN(C(=O)c2cc3c(C)nn(-c4cccc(Cl)c4)c3s2)CC1. The topological polar surface area (TPSA) is 79.7 Å². The first-order valence-electron chi connectivity index (χ1n) is 11.0. The quantitative estimate of drug-likeness (QED) is 0.492. The number of rotatable bonds is 8. The van der Waals surface area contributed by atoms with Crippen LogP contribution in [-0.2, 0) is 9.53 Å². The number of piperazine rings is 1. The predicted octanol–water partition coefficient (Wildman–Crippen LogP) is 2.96. The monoisotopic (exact) mass is 489 g/mol. The van der Waals surface area contributed by atoms with Gasteiger partial charge in [0.1, 0.15) is 4.83 Å². The zero-order valence-electron chi connectivity index (χ0n) is 18.8. The summed E-state index contributed by atoms with van der Waals surface area (Å²) < 4.78 is 6.84. The lowest BCUT2D eigenvalue weighted by Crippen LogP contribution is -2.51. The Balaban J connectivity index is 1.38. The molecule has 33 heavy (non-hydrogen) atoms. The summed E-state index contributed by atoms with van der Waals surface area (Å²) in [6, 6.07) is 9.46. The number of ether oxygens (including phenoxy) is 1. The molecule has 3 heterocycles. The number of hydrogen-bond donors (Lipinski definition) is 1. The molecule has 0 aliphatic carbocycles. The van der Waals surface area contributed by atoms with Gasteiger partial charge in [-0.3, -0.25) is 14.5 Å². The molecule has 4 rings (SSSR count). The van der Waals surface area contributed by atoms with Crippen molar-refractivity contribution in [2.75, 3.05) is 53.0 Å². The number of methoxy groups -OCH3 is 1. The highest BCUT2D eigenvalue weighted by Gasteiger charge is 2.25. The third-order valence-electron chi connectivity index (χ3n) is 5.68. The Hall–Kier alpha value is -2.46. The van der Waals surface area contributed by atoms with Crippen molar-refractivity contribution in [1.82, 2.24) is 24.9 Å². The molecule has 10 heteroatoms. The van der Waals surface area contributed by atoms with E-state index in [1.807, 2.05) is 46.8 Å². The van der Waals surface area contributed by atoms with E-state index in [1.165, 1.54) is 11.3 Å². The van der Waals surface area contributed by atoms with E-state index in [9.17, 15) is 9.59 Å². The summed E-state index contributed by atoms with van der Waals surface area (Å²) in [5.41, 5.74) is 1.75. The first-order chi connectivity index (χ1) is 16.0. The number of carbonyl (C=O) groups is 2. The van der Waals surface area contributed by atoms with Crippen molar-refractivity contribution in [2.45, 2.75) is 13.3 Å². The van der Waals surface area contributed by atoms with Crippen molar-refractivity contribution in [3.8, 4) is 5.69 Å². The molecule has 1 aliphatic rings. The molecule has 0 bridgehead atoms. The number of fused-ring (bicyclic) bond motifs is 1. The maximum atomic E-state index is 13.2. The highest BCUT2D eigenvalue weighted by Crippen LogP contribution is 2.31. The first kappa shape index (κ1) is 23.7. The zero-order chi connectivity index (χ0) is 23.4. The van der Waals surface area contributed by atoms with Gasteiger partial charge >= 0.3 is 0 Å². The molecule has 1 aromatic carbocycles. The first-order valence-corrected chi connectivity index (χ1v) is 12.2. The van der Waals surface area contributed by atoms with E-state index >= 15 is 0 Å². The van der Waals surface area contributed by atoms with Crippen LogP contribution < -0.4 is 5.32 Å². The van der Waals surface area contributed by atoms with Crippen LogP contribution >= 0.6 is 22.9 Å². The van der Waals surface area contributed by atoms with Crippen molar-refractivity contribution < 1.29 is 14.3 Å². The second-order valence-corrected chi connectivity index (χ2v) is 9.54. The lowest BCUT2D eigenvalue weighted by Gasteiger charge is -2.34. The van der Waals surface area contributed by atoms with Crippen LogP contribution in [-0.4, -0.2) is 84.4 Å². The van der Waals surface area contributed by atoms with E-state index in [0.29, 0.717) is 55.8 Å². The average Bonchev–Trinajstić information content (AvgIpc) is 3.37. The number of aromatic nitrogens is 2. The summed E-state index contributed by atoms with van der Waals surface area (Å²) >= 11 is 7.61. The lowest BCUT2D eigenvalue weighted by molar-refractivity contribution is -0.122. The molecule has 2 aromatic heterocycles. The van der Waals surface area contributed by atoms with Gasteiger partial charge in [-0.15, -0.1) is 11.3 Å². The Kier molecular flexibility index (Phi) is 7.64. The highest BCUT2D eigenvalue weighted by molar-refractivity contribution is 7.20. The van der Waals surface area contributed by atoms with Gasteiger partial charge in [-0.1, -0.05) is 17.7 Å². The Morgan fingerprint density at radius 3 is 2.73 bits per heavy atom. The number of nitrogens with zero attached hydrogens (tertiary/aromatic N) is 4. The minimum atomic E-state index is 0.0106. The molecule has 2 amide bonds. The third kappa shape index (κ3) is 5.55. The number of amides is 2. The molecule has 1 fully saturated rings. The molecule has 1 aliphatic heterocycles. The predicted molar refractivity (Wildman–Crippen MR) is 131 cm³/mol. The Morgan fingerprint density at radius 1 is 1.21 bits per heavy atom. The van der Waals surface area contributed by atoms with Gasteiger partial charge in [0.25, 0.3) is 5.91 Å². The van der Waals surface area contributed by atoms with Gasteiger partial charge in [-0.25, -0.2) is 4.68 Å². The number of aryl methyl sites for hydroxylation is 1. The van der Waals surface area contributed by atoms with E-state index in [-0.39, 0.29) is 11.8 Å². The maximum Gasteiger partial charge on any atom is 0.264 e. The summed E-state index contributed by atoms with van der Waals surface area (Å²) in [4.78, 5) is 30.9. The van der Waals surface area contributed by atoms with Crippen LogP contribution in [0.5, 0.6) is 0 Å². The van der Waals surface area contributed by atoms with Gasteiger partial charge in [-0.05, 0) is 37.6 Å². The van der Waals surface area contributed by atoms with Gasteiger partial charge < -0.3 is 15.0 Å². The van der Waals surface area contributed by atoms with Gasteiger partial charge in [0.15, 0.2) is 0 Å². The number of carbonyl (C=O) groups excluding carboxylic acids is 2. The van der Waals surface area contributed by atoms with Crippen LogP contribution in [0.4, 0.5) is 0 Å². The molecule has 1 N–H and O–H groups in total. The minimum absolute atomic E-state index is 0.0106. The molecule has 3 aromatic rings. The van der Waals surface area contributed by atoms with Crippen LogP contribution in [0.15, 0.2) is 30.3 Å². The molecule has 0 unspecified atom stereocenters. The highest BCUT2D eigenvalue weighted by atomic mass is 35.5. The van der Waals surface area contributed by atoms with E-state index < -0.39 is 0 Å². The van der Waals surface area contributed by atoms with Gasteiger partial charge in [-0.2, -0.15) is 5.10 Å². The Morgan fingerprint density at radius 2 is 2.00 bits per heavy atom. The van der Waals surface area contributed by atoms with Crippen LogP contribution in [0.2, 0.25) is 5.02 Å². The second-order valence-electron chi connectivity index (χ2n) is 8.07. The van der Waals surface area contributed by atoms with Crippen LogP contribution in [0.3, 0.4) is 0 Å². The largest absolute Gasteiger partial charge is 0.385 e. The molecular formula is C23H28ClN5O3S. The van der Waals surface area contributed by atoms with E-state index in [0.717, 1.165) is 28.0 Å². The summed E-state index contributed by atoms with van der Waals surface area (Å²) in [7, 11) is 1.65. The van der Waals surface area contributed by atoms with Gasteiger partial charge in [0.2, 0.25) is 5.91 Å². The van der Waals surface area contributed by atoms with Crippen LogP contribution in [0.1, 0.15) is 21.8 Å². The normalized spacial score (nSPS) is 14.7. The van der Waals surface area contributed by atoms with Crippen LogP contribution in [0, 0.1) is 6.92 Å². The average molecular weight is 490 g/mol. The second kappa shape index (κ2) is 10.6. The third-order valence-corrected chi connectivity index (χ3v) is 7.02. The molecule has 0 saturated carbocycles. The lowest BCUT2D eigenvalue weighted by atomic mass is 10.2. The van der Waals surface area contributed by atoms with Gasteiger partial charge in [0.05, 0.1) is 22.8 Å². The fourth-order valence-corrected chi connectivity index (χ4v) is 5.24. The maximum absolute atomic E-state index is 13.2. The molecular weight excluding hydrogens is 462 g/mol. The zero-order valence-corrected chi connectivity index (χ0v) is 20.4. The number of benzene rings is 1. The number of thiophene rings is 1. The summed E-state index contributed by atoms with van der Waals surface area (Å²) in [6.07, 6.45) is 0.800. The summed E-state index contributed by atoms with van der Waals surface area (Å²) in [6.45, 7) is 6.11. The van der Waals surface area contributed by atoms with Gasteiger partial charge in [0, 0.05) is 56.8 Å². The van der Waals surface area contributed by atoms with Crippen molar-refractivity contribution in [1.29, 1.82) is 0 Å². The standard InChI is InChI=1S/C23H28ClN5O3S/c1-16-19-14-20(33-23(19)29(26-16)18-6-3-5-17(24)13-18)22(31)28-10-8-27(9-11-28)15-21(30)25-7-4-12-32-2/h3,5-6,13-14H,4,7-12,15H2,1-2H3,(H,25,30). The number of hydrogen-bond acceptors (Lipinski definition) is 6. The summed E-state index contributed by atoms with van der Waals surface area (Å²) in [5, 5.41) is 9.16. The van der Waals surface area contributed by atoms with E-state index in [4.69, 9.17) is 16.3 Å². The van der Waals surface area contributed by atoms with E-state index in [1.54, 1.807) is 7.11 Å². The summed E-state index contributed by atoms with van der Waals surface area (Å²) in [5.74, 6) is 0.0355. The van der Waals surface area contributed by atoms with Crippen molar-refractivity contribution in [2.24, 2.45) is 0 Å². The molecule has 0 radical (unpaired) electrons. The van der Waals surface area contributed by atoms with Crippen molar-refractivity contribution in [3.05, 3.63) is 45.9 Å². The molecule has 0 spiro atoms.